The van der Waals surface area contributed by atoms with Crippen LogP contribution in [0.5, 0.6) is 0 Å². The average Bonchev–Trinajstić information content (AvgIpc) is 2.54. The van der Waals surface area contributed by atoms with Crippen molar-refractivity contribution in [3.8, 4) is 0 Å². The van der Waals surface area contributed by atoms with Crippen LogP contribution in [0.4, 0.5) is 10.1 Å². The molecule has 0 radical (unpaired) electrons. The molecule has 1 atom stereocenters. The van der Waals surface area contributed by atoms with Crippen LogP contribution < -0.4 is 10.2 Å². The molecule has 0 fully saturated rings. The van der Waals surface area contributed by atoms with Crippen LogP contribution in [0.3, 0.4) is 0 Å². The number of aryl methyl sites for hydroxylation is 1. The fourth-order valence-corrected chi connectivity index (χ4v) is 3.33. The average molecular weight is 312 g/mol. The molecule has 2 aromatic rings. The molecule has 1 heterocycles. The largest absolute Gasteiger partial charge is 0.319 e. The number of anilines is 1. The molecule has 3 rings (SSSR count). The van der Waals surface area contributed by atoms with Gasteiger partial charge in [0.2, 0.25) is 0 Å². The van der Waals surface area contributed by atoms with Crippen LogP contribution >= 0.6 is 0 Å². The van der Waals surface area contributed by atoms with Gasteiger partial charge >= 0.3 is 0 Å². The van der Waals surface area contributed by atoms with Gasteiger partial charge in [0.1, 0.15) is 5.82 Å². The Morgan fingerprint density at radius 1 is 1.26 bits per heavy atom. The minimum absolute atomic E-state index is 0.174. The normalized spacial score (nSPS) is 17.0. The molecule has 23 heavy (non-hydrogen) atoms. The number of halogens is 1. The fourth-order valence-electron chi connectivity index (χ4n) is 3.33. The lowest BCUT2D eigenvalue weighted by Gasteiger charge is -2.35. The van der Waals surface area contributed by atoms with Crippen LogP contribution in [0.25, 0.3) is 0 Å². The summed E-state index contributed by atoms with van der Waals surface area (Å²) in [5, 5.41) is 3.18. The highest BCUT2D eigenvalue weighted by Crippen LogP contribution is 2.31. The first-order chi connectivity index (χ1) is 11.1. The van der Waals surface area contributed by atoms with Gasteiger partial charge in [-0.05, 0) is 56.1 Å². The number of hydrogen-bond donors (Lipinski definition) is 1. The lowest BCUT2D eigenvalue weighted by Crippen LogP contribution is -2.43. The molecule has 0 unspecified atom stereocenters. The minimum atomic E-state index is -0.455. The van der Waals surface area contributed by atoms with Crippen molar-refractivity contribution in [3.05, 3.63) is 65.0 Å². The SMILES string of the molecule is CNC[C@H]1Cc2ccccc2N(C(=O)c2c(C)cccc2F)C1. The van der Waals surface area contributed by atoms with Crippen LogP contribution in [0.1, 0.15) is 21.5 Å². The monoisotopic (exact) mass is 312 g/mol. The summed E-state index contributed by atoms with van der Waals surface area (Å²) in [6.07, 6.45) is 0.928. The zero-order chi connectivity index (χ0) is 16.4. The van der Waals surface area contributed by atoms with Gasteiger partial charge in [-0.15, -0.1) is 0 Å². The zero-order valence-corrected chi connectivity index (χ0v) is 13.5. The van der Waals surface area contributed by atoms with Crippen molar-refractivity contribution >= 4 is 11.6 Å². The molecular weight excluding hydrogens is 291 g/mol. The van der Waals surface area contributed by atoms with E-state index < -0.39 is 5.82 Å². The number of nitrogens with zero attached hydrogens (tertiary/aromatic N) is 1. The molecular formula is C19H21FN2O. The molecule has 1 amide bonds. The minimum Gasteiger partial charge on any atom is -0.319 e. The van der Waals surface area contributed by atoms with E-state index in [1.54, 1.807) is 24.0 Å². The van der Waals surface area contributed by atoms with Gasteiger partial charge in [0.05, 0.1) is 5.56 Å². The van der Waals surface area contributed by atoms with E-state index in [0.29, 0.717) is 18.0 Å². The lowest BCUT2D eigenvalue weighted by molar-refractivity contribution is 0.0975. The van der Waals surface area contributed by atoms with Crippen LogP contribution in [-0.4, -0.2) is 26.0 Å². The fraction of sp³-hybridized carbons (Fsp3) is 0.316. The Labute approximate surface area is 136 Å². The maximum atomic E-state index is 14.2. The van der Waals surface area contributed by atoms with Crippen molar-refractivity contribution in [1.29, 1.82) is 0 Å². The Morgan fingerprint density at radius 3 is 2.78 bits per heavy atom. The van der Waals surface area contributed by atoms with Crippen molar-refractivity contribution < 1.29 is 9.18 Å². The third-order valence-corrected chi connectivity index (χ3v) is 4.41. The van der Waals surface area contributed by atoms with Gasteiger partial charge < -0.3 is 10.2 Å². The highest BCUT2D eigenvalue weighted by Gasteiger charge is 2.30. The number of nitrogens with one attached hydrogen (secondary N) is 1. The molecule has 120 valence electrons. The Morgan fingerprint density at radius 2 is 2.04 bits per heavy atom. The zero-order valence-electron chi connectivity index (χ0n) is 13.5. The molecule has 0 bridgehead atoms. The molecule has 2 aromatic carbocycles. The summed E-state index contributed by atoms with van der Waals surface area (Å²) < 4.78 is 14.2. The number of benzene rings is 2. The first-order valence-electron chi connectivity index (χ1n) is 7.91. The highest BCUT2D eigenvalue weighted by molar-refractivity contribution is 6.07. The summed E-state index contributed by atoms with van der Waals surface area (Å²) in [5.74, 6) is -0.386. The van der Waals surface area contributed by atoms with Crippen LogP contribution in [-0.2, 0) is 6.42 Å². The molecule has 4 heteroatoms. The summed E-state index contributed by atoms with van der Waals surface area (Å²) in [6, 6.07) is 12.7. The number of amides is 1. The molecule has 0 saturated heterocycles. The quantitative estimate of drug-likeness (QED) is 0.944. The molecule has 0 aliphatic carbocycles. The van der Waals surface area contributed by atoms with Gasteiger partial charge in [-0.1, -0.05) is 30.3 Å². The first kappa shape index (κ1) is 15.7. The van der Waals surface area contributed by atoms with E-state index in [-0.39, 0.29) is 11.5 Å². The Bertz CT molecular complexity index is 709. The highest BCUT2D eigenvalue weighted by atomic mass is 19.1. The number of hydrogen-bond acceptors (Lipinski definition) is 2. The standard InChI is InChI=1S/C19H21FN2O/c1-13-6-5-8-16(20)18(13)19(23)22-12-14(11-21-2)10-15-7-3-4-9-17(15)22/h3-9,14,21H,10-12H2,1-2H3/t14-/m1/s1. The molecule has 0 spiro atoms. The smallest absolute Gasteiger partial charge is 0.261 e. The number of para-hydroxylation sites is 1. The summed E-state index contributed by atoms with van der Waals surface area (Å²) in [5.41, 5.74) is 2.88. The molecule has 1 aliphatic rings. The number of rotatable bonds is 3. The van der Waals surface area contributed by atoms with E-state index in [2.05, 4.69) is 5.32 Å². The molecule has 0 aromatic heterocycles. The van der Waals surface area contributed by atoms with Crippen LogP contribution in [0, 0.1) is 18.7 Å². The van der Waals surface area contributed by atoms with Crippen LogP contribution in [0.2, 0.25) is 0 Å². The van der Waals surface area contributed by atoms with Crippen molar-refractivity contribution in [2.75, 3.05) is 25.0 Å². The first-order valence-corrected chi connectivity index (χ1v) is 7.91. The van der Waals surface area contributed by atoms with E-state index in [0.717, 1.165) is 24.2 Å². The third kappa shape index (κ3) is 2.99. The number of carbonyl (C=O) groups excluding carboxylic acids is 1. The summed E-state index contributed by atoms with van der Waals surface area (Å²) in [7, 11) is 1.91. The second-order valence-corrected chi connectivity index (χ2v) is 6.10. The maximum absolute atomic E-state index is 14.2. The van der Waals surface area contributed by atoms with E-state index in [1.807, 2.05) is 31.3 Å². The lowest BCUT2D eigenvalue weighted by atomic mass is 9.91. The van der Waals surface area contributed by atoms with Gasteiger partial charge in [0.15, 0.2) is 0 Å². The second-order valence-electron chi connectivity index (χ2n) is 6.10. The van der Waals surface area contributed by atoms with Gasteiger partial charge in [0, 0.05) is 12.2 Å². The van der Waals surface area contributed by atoms with Gasteiger partial charge in [0.25, 0.3) is 5.91 Å². The van der Waals surface area contributed by atoms with E-state index in [4.69, 9.17) is 0 Å². The Hall–Kier alpha value is -2.20. The Kier molecular flexibility index (Phi) is 4.44. The second kappa shape index (κ2) is 6.50. The van der Waals surface area contributed by atoms with Crippen molar-refractivity contribution in [1.82, 2.24) is 5.32 Å². The molecule has 0 saturated carbocycles. The number of carbonyl (C=O) groups is 1. The predicted octanol–water partition coefficient (Wildman–Crippen LogP) is 3.17. The van der Waals surface area contributed by atoms with Crippen LogP contribution in [0.15, 0.2) is 42.5 Å². The van der Waals surface area contributed by atoms with Crippen molar-refractivity contribution in [2.45, 2.75) is 13.3 Å². The molecule has 1 N–H and O–H groups in total. The number of fused-ring (bicyclic) bond motifs is 1. The summed E-state index contributed by atoms with van der Waals surface area (Å²) >= 11 is 0. The van der Waals surface area contributed by atoms with Gasteiger partial charge in [-0.3, -0.25) is 4.79 Å². The third-order valence-electron chi connectivity index (χ3n) is 4.41. The van der Waals surface area contributed by atoms with E-state index in [1.165, 1.54) is 6.07 Å². The predicted molar refractivity (Wildman–Crippen MR) is 90.4 cm³/mol. The van der Waals surface area contributed by atoms with Gasteiger partial charge in [-0.25, -0.2) is 4.39 Å². The van der Waals surface area contributed by atoms with Crippen molar-refractivity contribution in [2.24, 2.45) is 5.92 Å². The molecule has 1 aliphatic heterocycles. The summed E-state index contributed by atoms with van der Waals surface area (Å²) in [6.45, 7) is 3.20. The van der Waals surface area contributed by atoms with Crippen molar-refractivity contribution in [3.63, 3.8) is 0 Å². The van der Waals surface area contributed by atoms with E-state index in [9.17, 15) is 9.18 Å². The van der Waals surface area contributed by atoms with E-state index >= 15 is 0 Å². The summed E-state index contributed by atoms with van der Waals surface area (Å²) in [4.78, 5) is 14.7. The van der Waals surface area contributed by atoms with Gasteiger partial charge in [-0.2, -0.15) is 0 Å². The maximum Gasteiger partial charge on any atom is 0.261 e. The topological polar surface area (TPSA) is 32.3 Å². The molecule has 3 nitrogen and oxygen atoms in total. The Balaban J connectivity index is 2.02.